The standard InChI is InChI=1S/C17H29N3/c1-5-8-15-11-14(13-18-6-2)12-16(19-15)20-10-7-9-17(20,3)4/h11-12,18H,5-10,13H2,1-4H3. The number of aryl methyl sites for hydroxylation is 1. The van der Waals surface area contributed by atoms with Crippen molar-refractivity contribution in [2.24, 2.45) is 0 Å². The highest BCUT2D eigenvalue weighted by molar-refractivity contribution is 5.46. The van der Waals surface area contributed by atoms with Crippen LogP contribution >= 0.6 is 0 Å². The van der Waals surface area contributed by atoms with Crippen molar-refractivity contribution in [2.45, 2.75) is 65.5 Å². The first-order valence-electron chi connectivity index (χ1n) is 8.05. The average Bonchev–Trinajstić information content (AvgIpc) is 2.76. The Morgan fingerprint density at radius 1 is 1.30 bits per heavy atom. The van der Waals surface area contributed by atoms with Crippen LogP contribution in [0.1, 0.15) is 58.2 Å². The van der Waals surface area contributed by atoms with E-state index in [0.717, 1.165) is 32.5 Å². The number of nitrogens with one attached hydrogen (secondary N) is 1. The Labute approximate surface area is 123 Å². The molecule has 0 bridgehead atoms. The van der Waals surface area contributed by atoms with Gasteiger partial charge in [-0.05, 0) is 57.4 Å². The molecule has 3 nitrogen and oxygen atoms in total. The topological polar surface area (TPSA) is 28.2 Å². The van der Waals surface area contributed by atoms with Gasteiger partial charge in [0.05, 0.1) is 0 Å². The number of hydrogen-bond donors (Lipinski definition) is 1. The van der Waals surface area contributed by atoms with Crippen molar-refractivity contribution in [1.29, 1.82) is 0 Å². The van der Waals surface area contributed by atoms with Gasteiger partial charge in [-0.3, -0.25) is 0 Å². The maximum Gasteiger partial charge on any atom is 0.129 e. The fraction of sp³-hybridized carbons (Fsp3) is 0.706. The molecule has 1 fully saturated rings. The Kier molecular flexibility index (Phi) is 5.03. The van der Waals surface area contributed by atoms with E-state index in [1.807, 2.05) is 0 Å². The van der Waals surface area contributed by atoms with E-state index < -0.39 is 0 Å². The van der Waals surface area contributed by atoms with E-state index in [9.17, 15) is 0 Å². The van der Waals surface area contributed by atoms with Gasteiger partial charge < -0.3 is 10.2 Å². The van der Waals surface area contributed by atoms with Crippen LogP contribution in [0, 0.1) is 0 Å². The highest BCUT2D eigenvalue weighted by Crippen LogP contribution is 2.33. The highest BCUT2D eigenvalue weighted by Gasteiger charge is 2.32. The van der Waals surface area contributed by atoms with Crippen LogP contribution in [0.2, 0.25) is 0 Å². The monoisotopic (exact) mass is 275 g/mol. The molecule has 1 saturated heterocycles. The molecule has 0 aromatic carbocycles. The Morgan fingerprint density at radius 3 is 2.70 bits per heavy atom. The van der Waals surface area contributed by atoms with Crippen LogP contribution in [0.3, 0.4) is 0 Å². The lowest BCUT2D eigenvalue weighted by Gasteiger charge is -2.33. The third kappa shape index (κ3) is 3.51. The first kappa shape index (κ1) is 15.3. The molecule has 2 heterocycles. The van der Waals surface area contributed by atoms with Gasteiger partial charge in [0.25, 0.3) is 0 Å². The van der Waals surface area contributed by atoms with Crippen LogP contribution in [0.15, 0.2) is 12.1 Å². The molecule has 0 spiro atoms. The van der Waals surface area contributed by atoms with Crippen molar-refractivity contribution < 1.29 is 0 Å². The molecule has 1 N–H and O–H groups in total. The molecule has 112 valence electrons. The summed E-state index contributed by atoms with van der Waals surface area (Å²) in [7, 11) is 0. The van der Waals surface area contributed by atoms with E-state index >= 15 is 0 Å². The minimum Gasteiger partial charge on any atom is -0.351 e. The van der Waals surface area contributed by atoms with Gasteiger partial charge in [-0.15, -0.1) is 0 Å². The first-order chi connectivity index (χ1) is 9.56. The number of aromatic nitrogens is 1. The van der Waals surface area contributed by atoms with Crippen LogP contribution in [-0.4, -0.2) is 23.6 Å². The molecule has 1 aromatic heterocycles. The molecule has 0 atom stereocenters. The van der Waals surface area contributed by atoms with E-state index in [0.29, 0.717) is 0 Å². The summed E-state index contributed by atoms with van der Waals surface area (Å²) in [4.78, 5) is 7.39. The van der Waals surface area contributed by atoms with Crippen LogP contribution in [-0.2, 0) is 13.0 Å². The second-order valence-corrected chi connectivity index (χ2v) is 6.42. The van der Waals surface area contributed by atoms with Gasteiger partial charge >= 0.3 is 0 Å². The highest BCUT2D eigenvalue weighted by atomic mass is 15.3. The summed E-state index contributed by atoms with van der Waals surface area (Å²) >= 11 is 0. The van der Waals surface area contributed by atoms with E-state index in [2.05, 4.69) is 50.0 Å². The lowest BCUT2D eigenvalue weighted by molar-refractivity contribution is 0.513. The molecule has 1 aliphatic rings. The lowest BCUT2D eigenvalue weighted by atomic mass is 10.0. The number of hydrogen-bond acceptors (Lipinski definition) is 3. The minimum absolute atomic E-state index is 0.243. The lowest BCUT2D eigenvalue weighted by Crippen LogP contribution is -2.38. The molecule has 2 rings (SSSR count). The van der Waals surface area contributed by atoms with Crippen LogP contribution in [0.5, 0.6) is 0 Å². The quantitative estimate of drug-likeness (QED) is 0.861. The normalized spacial score (nSPS) is 17.7. The second kappa shape index (κ2) is 6.57. The molecule has 1 aromatic rings. The molecule has 0 amide bonds. The molecule has 1 aliphatic heterocycles. The summed E-state index contributed by atoms with van der Waals surface area (Å²) in [5.41, 5.74) is 2.84. The van der Waals surface area contributed by atoms with Gasteiger partial charge in [0.15, 0.2) is 0 Å². The summed E-state index contributed by atoms with van der Waals surface area (Å²) < 4.78 is 0. The Hall–Kier alpha value is -1.09. The zero-order valence-electron chi connectivity index (χ0n) is 13.5. The minimum atomic E-state index is 0.243. The molecular formula is C17H29N3. The Balaban J connectivity index is 2.28. The fourth-order valence-electron chi connectivity index (χ4n) is 3.06. The molecule has 0 unspecified atom stereocenters. The smallest absolute Gasteiger partial charge is 0.129 e. The van der Waals surface area contributed by atoms with Gasteiger partial charge in [0.2, 0.25) is 0 Å². The largest absolute Gasteiger partial charge is 0.351 e. The summed E-state index contributed by atoms with van der Waals surface area (Å²) in [6.07, 6.45) is 4.76. The van der Waals surface area contributed by atoms with Crippen LogP contribution in [0.4, 0.5) is 5.82 Å². The van der Waals surface area contributed by atoms with Crippen molar-refractivity contribution in [2.75, 3.05) is 18.0 Å². The van der Waals surface area contributed by atoms with Gasteiger partial charge in [-0.1, -0.05) is 20.3 Å². The molecule has 0 radical (unpaired) electrons. The van der Waals surface area contributed by atoms with Crippen molar-refractivity contribution in [1.82, 2.24) is 10.3 Å². The SMILES string of the molecule is CCCc1cc(CNCC)cc(N2CCCC2(C)C)n1. The predicted octanol–water partition coefficient (Wildman–Crippen LogP) is 3.52. The second-order valence-electron chi connectivity index (χ2n) is 6.42. The van der Waals surface area contributed by atoms with E-state index in [4.69, 9.17) is 4.98 Å². The molecule has 20 heavy (non-hydrogen) atoms. The molecule has 0 aliphatic carbocycles. The van der Waals surface area contributed by atoms with Crippen molar-refractivity contribution in [3.8, 4) is 0 Å². The zero-order chi connectivity index (χ0) is 14.6. The predicted molar refractivity (Wildman–Crippen MR) is 86.3 cm³/mol. The van der Waals surface area contributed by atoms with Gasteiger partial charge in [0.1, 0.15) is 5.82 Å². The third-order valence-corrected chi connectivity index (χ3v) is 4.19. The number of pyridine rings is 1. The molecule has 3 heteroatoms. The molecule has 0 saturated carbocycles. The summed E-state index contributed by atoms with van der Waals surface area (Å²) in [5, 5.41) is 3.43. The summed E-state index contributed by atoms with van der Waals surface area (Å²) in [6.45, 7) is 12.1. The van der Waals surface area contributed by atoms with Gasteiger partial charge in [-0.2, -0.15) is 0 Å². The van der Waals surface area contributed by atoms with E-state index in [1.54, 1.807) is 0 Å². The zero-order valence-corrected chi connectivity index (χ0v) is 13.5. The maximum atomic E-state index is 4.91. The number of anilines is 1. The van der Waals surface area contributed by atoms with E-state index in [-0.39, 0.29) is 5.54 Å². The van der Waals surface area contributed by atoms with Crippen LogP contribution in [0.25, 0.3) is 0 Å². The van der Waals surface area contributed by atoms with E-state index in [1.165, 1.54) is 29.9 Å². The van der Waals surface area contributed by atoms with Gasteiger partial charge in [-0.25, -0.2) is 4.98 Å². The Morgan fingerprint density at radius 2 is 2.10 bits per heavy atom. The third-order valence-electron chi connectivity index (χ3n) is 4.19. The fourth-order valence-corrected chi connectivity index (χ4v) is 3.06. The van der Waals surface area contributed by atoms with Crippen molar-refractivity contribution >= 4 is 5.82 Å². The maximum absolute atomic E-state index is 4.91. The summed E-state index contributed by atoms with van der Waals surface area (Å²) in [5.74, 6) is 1.17. The van der Waals surface area contributed by atoms with Crippen molar-refractivity contribution in [3.05, 3.63) is 23.4 Å². The summed E-state index contributed by atoms with van der Waals surface area (Å²) in [6, 6.07) is 4.54. The van der Waals surface area contributed by atoms with Gasteiger partial charge in [0, 0.05) is 24.3 Å². The Bertz CT molecular complexity index is 440. The van der Waals surface area contributed by atoms with Crippen molar-refractivity contribution in [3.63, 3.8) is 0 Å². The first-order valence-corrected chi connectivity index (χ1v) is 8.05. The number of rotatable bonds is 6. The average molecular weight is 275 g/mol. The number of nitrogens with zero attached hydrogens (tertiary/aromatic N) is 2. The molecular weight excluding hydrogens is 246 g/mol. The van der Waals surface area contributed by atoms with Crippen LogP contribution < -0.4 is 10.2 Å².